The van der Waals surface area contributed by atoms with Gasteiger partial charge in [-0.2, -0.15) is 0 Å². The first kappa shape index (κ1) is 19.7. The van der Waals surface area contributed by atoms with Crippen molar-refractivity contribution < 1.29 is 14.6 Å². The molecule has 1 fully saturated rings. The zero-order valence-electron chi connectivity index (χ0n) is 17.3. The average Bonchev–Trinajstić information content (AvgIpc) is 3.01. The molecule has 0 amide bonds. The number of fused-ring (bicyclic) bond motifs is 1. The number of methoxy groups -OCH3 is 1. The summed E-state index contributed by atoms with van der Waals surface area (Å²) in [7, 11) is 3.70. The molecule has 152 valence electrons. The van der Waals surface area contributed by atoms with Gasteiger partial charge in [0.25, 0.3) is 0 Å². The zero-order chi connectivity index (χ0) is 20.6. The highest BCUT2D eigenvalue weighted by Gasteiger charge is 2.33. The minimum atomic E-state index is -0.751. The Morgan fingerprint density at radius 1 is 1.10 bits per heavy atom. The second kappa shape index (κ2) is 7.65. The van der Waals surface area contributed by atoms with E-state index in [-0.39, 0.29) is 5.78 Å². The fourth-order valence-electron chi connectivity index (χ4n) is 4.30. The molecule has 0 bridgehead atoms. The number of aliphatic hydroxyl groups is 1. The smallest absolute Gasteiger partial charge is 0.195 e. The molecule has 5 nitrogen and oxygen atoms in total. The highest BCUT2D eigenvalue weighted by molar-refractivity contribution is 6.17. The minimum absolute atomic E-state index is 0.00419. The molecular weight excluding hydrogens is 364 g/mol. The number of hydrogen-bond acceptors (Lipinski definition) is 4. The van der Waals surface area contributed by atoms with Crippen molar-refractivity contribution in [3.05, 3.63) is 65.4 Å². The molecule has 1 aromatic heterocycles. The second-order valence-corrected chi connectivity index (χ2v) is 8.15. The standard InChI is InChI=1S/C24H28N2O3/c1-17-22(23(27)18-8-10-19(29-3)11-9-18)20-6-4-5-7-21(20)26(17)16-24(28)12-14-25(2)15-13-24/h4-11,28H,12-16H2,1-3H3. The van der Waals surface area contributed by atoms with Crippen LogP contribution in [0, 0.1) is 6.92 Å². The summed E-state index contributed by atoms with van der Waals surface area (Å²) in [5, 5.41) is 12.1. The van der Waals surface area contributed by atoms with Crippen molar-refractivity contribution in [1.29, 1.82) is 0 Å². The summed E-state index contributed by atoms with van der Waals surface area (Å²) >= 11 is 0. The summed E-state index contributed by atoms with van der Waals surface area (Å²) < 4.78 is 7.33. The second-order valence-electron chi connectivity index (χ2n) is 8.15. The number of likely N-dealkylation sites (tertiary alicyclic amines) is 1. The van der Waals surface area contributed by atoms with E-state index in [0.29, 0.717) is 17.7 Å². The van der Waals surface area contributed by atoms with Crippen LogP contribution in [0.1, 0.15) is 34.5 Å². The van der Waals surface area contributed by atoms with E-state index >= 15 is 0 Å². The molecule has 1 saturated heterocycles. The molecule has 1 N–H and O–H groups in total. The Bertz CT molecular complexity index is 1030. The maximum Gasteiger partial charge on any atom is 0.195 e. The number of ketones is 1. The van der Waals surface area contributed by atoms with Crippen LogP contribution in [0.15, 0.2) is 48.5 Å². The Labute approximate surface area is 171 Å². The van der Waals surface area contributed by atoms with Crippen molar-refractivity contribution in [1.82, 2.24) is 9.47 Å². The molecular formula is C24H28N2O3. The molecule has 1 aliphatic heterocycles. The Kier molecular flexibility index (Phi) is 5.19. The molecule has 0 spiro atoms. The summed E-state index contributed by atoms with van der Waals surface area (Å²) in [6, 6.07) is 15.2. The number of ether oxygens (including phenoxy) is 1. The van der Waals surface area contributed by atoms with E-state index in [4.69, 9.17) is 4.74 Å². The SMILES string of the molecule is COc1ccc(C(=O)c2c(C)n(CC3(O)CCN(C)CC3)c3ccccc23)cc1. The normalized spacial score (nSPS) is 16.8. The van der Waals surface area contributed by atoms with Gasteiger partial charge < -0.3 is 19.3 Å². The van der Waals surface area contributed by atoms with E-state index in [1.807, 2.05) is 43.3 Å². The van der Waals surface area contributed by atoms with Gasteiger partial charge in [-0.1, -0.05) is 18.2 Å². The largest absolute Gasteiger partial charge is 0.497 e. The molecule has 0 atom stereocenters. The molecule has 5 heteroatoms. The molecule has 0 saturated carbocycles. The van der Waals surface area contributed by atoms with E-state index in [1.165, 1.54) is 0 Å². The molecule has 0 unspecified atom stereocenters. The van der Waals surface area contributed by atoms with Crippen molar-refractivity contribution in [3.63, 3.8) is 0 Å². The Morgan fingerprint density at radius 3 is 2.41 bits per heavy atom. The van der Waals surface area contributed by atoms with Crippen LogP contribution in [-0.4, -0.2) is 53.2 Å². The molecule has 29 heavy (non-hydrogen) atoms. The lowest BCUT2D eigenvalue weighted by atomic mass is 9.91. The predicted molar refractivity (Wildman–Crippen MR) is 115 cm³/mol. The lowest BCUT2D eigenvalue weighted by molar-refractivity contribution is -0.0285. The molecule has 4 rings (SSSR count). The van der Waals surface area contributed by atoms with Crippen LogP contribution in [0.25, 0.3) is 10.9 Å². The van der Waals surface area contributed by atoms with E-state index in [9.17, 15) is 9.90 Å². The van der Waals surface area contributed by atoms with Gasteiger partial charge in [0, 0.05) is 35.2 Å². The first-order valence-corrected chi connectivity index (χ1v) is 10.1. The predicted octanol–water partition coefficient (Wildman–Crippen LogP) is 3.65. The molecule has 2 heterocycles. The highest BCUT2D eigenvalue weighted by Crippen LogP contribution is 2.32. The number of rotatable bonds is 5. The Morgan fingerprint density at radius 2 is 1.76 bits per heavy atom. The highest BCUT2D eigenvalue weighted by atomic mass is 16.5. The molecule has 3 aromatic rings. The summed E-state index contributed by atoms with van der Waals surface area (Å²) in [5.41, 5.74) is 2.49. The van der Waals surface area contributed by atoms with Crippen molar-refractivity contribution in [2.75, 3.05) is 27.2 Å². The van der Waals surface area contributed by atoms with E-state index in [0.717, 1.165) is 48.3 Å². The Hall–Kier alpha value is -2.63. The maximum absolute atomic E-state index is 13.4. The van der Waals surface area contributed by atoms with Gasteiger partial charge in [0.1, 0.15) is 5.75 Å². The van der Waals surface area contributed by atoms with Gasteiger partial charge >= 0.3 is 0 Å². The van der Waals surface area contributed by atoms with Gasteiger partial charge in [0.15, 0.2) is 5.78 Å². The molecule has 1 aliphatic rings. The molecule has 0 radical (unpaired) electrons. The number of para-hydroxylation sites is 1. The third-order valence-electron chi connectivity index (χ3n) is 6.18. The van der Waals surface area contributed by atoms with Crippen molar-refractivity contribution >= 4 is 16.7 Å². The first-order valence-electron chi connectivity index (χ1n) is 10.1. The third-order valence-corrected chi connectivity index (χ3v) is 6.18. The van der Waals surface area contributed by atoms with Gasteiger partial charge in [-0.05, 0) is 57.1 Å². The summed E-state index contributed by atoms with van der Waals surface area (Å²) in [6.45, 7) is 4.25. The third kappa shape index (κ3) is 3.68. The fraction of sp³-hybridized carbons (Fsp3) is 0.375. The number of benzene rings is 2. The summed E-state index contributed by atoms with van der Waals surface area (Å²) in [6.07, 6.45) is 1.47. The number of nitrogens with zero attached hydrogens (tertiary/aromatic N) is 2. The lowest BCUT2D eigenvalue weighted by Crippen LogP contribution is -2.45. The maximum atomic E-state index is 13.4. The fourth-order valence-corrected chi connectivity index (χ4v) is 4.30. The van der Waals surface area contributed by atoms with Crippen LogP contribution in [-0.2, 0) is 6.54 Å². The van der Waals surface area contributed by atoms with Gasteiger partial charge in [-0.25, -0.2) is 0 Å². The van der Waals surface area contributed by atoms with Crippen LogP contribution < -0.4 is 4.74 Å². The van der Waals surface area contributed by atoms with Crippen LogP contribution in [0.4, 0.5) is 0 Å². The van der Waals surface area contributed by atoms with Gasteiger partial charge in [-0.3, -0.25) is 4.79 Å². The van der Waals surface area contributed by atoms with Gasteiger partial charge in [-0.15, -0.1) is 0 Å². The quantitative estimate of drug-likeness (QED) is 0.674. The number of piperidine rings is 1. The van der Waals surface area contributed by atoms with Crippen molar-refractivity contribution in [2.45, 2.75) is 31.9 Å². The molecule has 0 aliphatic carbocycles. The minimum Gasteiger partial charge on any atom is -0.497 e. The number of carbonyl (C=O) groups is 1. The lowest BCUT2D eigenvalue weighted by Gasteiger charge is -2.37. The van der Waals surface area contributed by atoms with Crippen LogP contribution in [0.3, 0.4) is 0 Å². The number of carbonyl (C=O) groups excluding carboxylic acids is 1. The van der Waals surface area contributed by atoms with E-state index in [2.05, 4.69) is 16.5 Å². The van der Waals surface area contributed by atoms with Crippen molar-refractivity contribution in [3.8, 4) is 5.75 Å². The van der Waals surface area contributed by atoms with Crippen LogP contribution in [0.5, 0.6) is 5.75 Å². The summed E-state index contributed by atoms with van der Waals surface area (Å²) in [4.78, 5) is 15.6. The van der Waals surface area contributed by atoms with Crippen LogP contribution >= 0.6 is 0 Å². The number of hydrogen-bond donors (Lipinski definition) is 1. The van der Waals surface area contributed by atoms with Crippen LogP contribution in [0.2, 0.25) is 0 Å². The average molecular weight is 392 g/mol. The van der Waals surface area contributed by atoms with E-state index < -0.39 is 5.60 Å². The Balaban J connectivity index is 1.75. The first-order chi connectivity index (χ1) is 13.9. The summed E-state index contributed by atoms with van der Waals surface area (Å²) in [5.74, 6) is 0.723. The number of aromatic nitrogens is 1. The monoisotopic (exact) mass is 392 g/mol. The molecule has 2 aromatic carbocycles. The van der Waals surface area contributed by atoms with Gasteiger partial charge in [0.2, 0.25) is 0 Å². The van der Waals surface area contributed by atoms with Gasteiger partial charge in [0.05, 0.1) is 24.8 Å². The topological polar surface area (TPSA) is 54.7 Å². The van der Waals surface area contributed by atoms with E-state index in [1.54, 1.807) is 19.2 Å². The zero-order valence-corrected chi connectivity index (χ0v) is 17.3. The van der Waals surface area contributed by atoms with Crippen molar-refractivity contribution in [2.24, 2.45) is 0 Å².